The summed E-state index contributed by atoms with van der Waals surface area (Å²) in [6.07, 6.45) is 1.60. The van der Waals surface area contributed by atoms with Crippen molar-refractivity contribution in [1.29, 1.82) is 0 Å². The Morgan fingerprint density at radius 1 is 0.958 bits per heavy atom. The lowest BCUT2D eigenvalue weighted by molar-refractivity contribution is 0.0594. The van der Waals surface area contributed by atoms with Gasteiger partial charge in [0.15, 0.2) is 0 Å². The van der Waals surface area contributed by atoms with Gasteiger partial charge in [-0.1, -0.05) is 42.5 Å². The SMILES string of the molecule is COC(=O)c1cc(-c2ccc(OCc3ccccc3)cc2)ccn1. The normalized spacial score (nSPS) is 10.2. The third-order valence-electron chi connectivity index (χ3n) is 3.59. The van der Waals surface area contributed by atoms with Crippen LogP contribution >= 0.6 is 0 Å². The van der Waals surface area contributed by atoms with Crippen LogP contribution in [0, 0.1) is 0 Å². The van der Waals surface area contributed by atoms with E-state index in [1.165, 1.54) is 7.11 Å². The number of benzene rings is 2. The maximum absolute atomic E-state index is 11.6. The Balaban J connectivity index is 1.71. The Labute approximate surface area is 140 Å². The van der Waals surface area contributed by atoms with Crippen molar-refractivity contribution in [3.63, 3.8) is 0 Å². The molecular weight excluding hydrogens is 302 g/mol. The first-order valence-corrected chi connectivity index (χ1v) is 7.58. The summed E-state index contributed by atoms with van der Waals surface area (Å²) in [6.45, 7) is 0.530. The van der Waals surface area contributed by atoms with E-state index in [4.69, 9.17) is 9.47 Å². The molecule has 0 aliphatic rings. The Morgan fingerprint density at radius 2 is 1.71 bits per heavy atom. The molecule has 1 aromatic heterocycles. The Morgan fingerprint density at radius 3 is 2.42 bits per heavy atom. The highest BCUT2D eigenvalue weighted by Gasteiger charge is 2.08. The Hall–Kier alpha value is -3.14. The molecule has 0 fully saturated rings. The van der Waals surface area contributed by atoms with Gasteiger partial charge >= 0.3 is 5.97 Å². The fourth-order valence-electron chi connectivity index (χ4n) is 2.31. The van der Waals surface area contributed by atoms with E-state index in [0.717, 1.165) is 22.4 Å². The molecule has 0 saturated carbocycles. The second kappa shape index (κ2) is 7.42. The lowest BCUT2D eigenvalue weighted by atomic mass is 10.1. The quantitative estimate of drug-likeness (QED) is 0.664. The van der Waals surface area contributed by atoms with Crippen molar-refractivity contribution in [1.82, 2.24) is 4.98 Å². The van der Waals surface area contributed by atoms with Crippen molar-refractivity contribution in [2.75, 3.05) is 7.11 Å². The van der Waals surface area contributed by atoms with E-state index in [9.17, 15) is 4.79 Å². The summed E-state index contributed by atoms with van der Waals surface area (Å²) in [6, 6.07) is 21.3. The van der Waals surface area contributed by atoms with Gasteiger partial charge in [-0.3, -0.25) is 0 Å². The molecule has 3 aromatic rings. The van der Waals surface area contributed by atoms with Crippen LogP contribution in [-0.2, 0) is 11.3 Å². The number of methoxy groups -OCH3 is 1. The van der Waals surface area contributed by atoms with Gasteiger partial charge in [0.1, 0.15) is 18.1 Å². The van der Waals surface area contributed by atoms with Gasteiger partial charge in [0, 0.05) is 6.20 Å². The number of esters is 1. The lowest BCUT2D eigenvalue weighted by Crippen LogP contribution is -2.03. The van der Waals surface area contributed by atoms with Crippen LogP contribution < -0.4 is 4.74 Å². The van der Waals surface area contributed by atoms with Crippen molar-refractivity contribution < 1.29 is 14.3 Å². The minimum atomic E-state index is -0.445. The molecule has 4 nitrogen and oxygen atoms in total. The predicted molar refractivity (Wildman–Crippen MR) is 91.8 cm³/mol. The van der Waals surface area contributed by atoms with Gasteiger partial charge in [0.25, 0.3) is 0 Å². The summed E-state index contributed by atoms with van der Waals surface area (Å²) in [4.78, 5) is 15.6. The molecule has 0 unspecified atom stereocenters. The Bertz CT molecular complexity index is 814. The van der Waals surface area contributed by atoms with E-state index < -0.39 is 5.97 Å². The van der Waals surface area contributed by atoms with E-state index in [1.807, 2.05) is 60.7 Å². The number of pyridine rings is 1. The fraction of sp³-hybridized carbons (Fsp3) is 0.100. The predicted octanol–water partition coefficient (Wildman–Crippen LogP) is 4.11. The molecule has 0 radical (unpaired) electrons. The topological polar surface area (TPSA) is 48.4 Å². The van der Waals surface area contributed by atoms with Gasteiger partial charge in [-0.15, -0.1) is 0 Å². The maximum Gasteiger partial charge on any atom is 0.356 e. The number of nitrogens with zero attached hydrogens (tertiary/aromatic N) is 1. The average Bonchev–Trinajstić information content (AvgIpc) is 2.67. The molecule has 0 aliphatic heterocycles. The molecule has 0 N–H and O–H groups in total. The molecule has 120 valence electrons. The maximum atomic E-state index is 11.6. The summed E-state index contributed by atoms with van der Waals surface area (Å²) >= 11 is 0. The smallest absolute Gasteiger partial charge is 0.356 e. The van der Waals surface area contributed by atoms with Crippen molar-refractivity contribution in [3.8, 4) is 16.9 Å². The van der Waals surface area contributed by atoms with Gasteiger partial charge in [-0.25, -0.2) is 9.78 Å². The van der Waals surface area contributed by atoms with Crippen molar-refractivity contribution in [2.24, 2.45) is 0 Å². The first-order chi connectivity index (χ1) is 11.8. The minimum absolute atomic E-state index is 0.291. The third kappa shape index (κ3) is 3.79. The molecule has 0 atom stereocenters. The second-order valence-corrected chi connectivity index (χ2v) is 5.22. The van der Waals surface area contributed by atoms with E-state index in [2.05, 4.69) is 4.98 Å². The fourth-order valence-corrected chi connectivity index (χ4v) is 2.31. The standard InChI is InChI=1S/C20H17NO3/c1-23-20(22)19-13-17(11-12-21-19)16-7-9-18(10-8-16)24-14-15-5-3-2-4-6-15/h2-13H,14H2,1H3. The molecule has 1 heterocycles. The Kier molecular flexibility index (Phi) is 4.87. The lowest BCUT2D eigenvalue weighted by Gasteiger charge is -2.08. The zero-order chi connectivity index (χ0) is 16.8. The number of hydrogen-bond donors (Lipinski definition) is 0. The molecule has 0 amide bonds. The van der Waals surface area contributed by atoms with E-state index in [-0.39, 0.29) is 0 Å². The number of aromatic nitrogens is 1. The number of ether oxygens (including phenoxy) is 2. The highest BCUT2D eigenvalue weighted by Crippen LogP contribution is 2.23. The molecular formula is C20H17NO3. The van der Waals surface area contributed by atoms with Crippen LogP contribution in [0.3, 0.4) is 0 Å². The largest absolute Gasteiger partial charge is 0.489 e. The summed E-state index contributed by atoms with van der Waals surface area (Å²) in [5.74, 6) is 0.351. The highest BCUT2D eigenvalue weighted by atomic mass is 16.5. The number of carbonyl (C=O) groups excluding carboxylic acids is 1. The molecule has 3 rings (SSSR count). The molecule has 4 heteroatoms. The number of carbonyl (C=O) groups is 1. The van der Waals surface area contributed by atoms with Crippen LogP contribution in [0.4, 0.5) is 0 Å². The first-order valence-electron chi connectivity index (χ1n) is 7.58. The van der Waals surface area contributed by atoms with Crippen molar-refractivity contribution in [3.05, 3.63) is 84.2 Å². The molecule has 24 heavy (non-hydrogen) atoms. The monoisotopic (exact) mass is 319 g/mol. The molecule has 0 bridgehead atoms. The van der Waals surface area contributed by atoms with E-state index in [1.54, 1.807) is 12.3 Å². The zero-order valence-corrected chi connectivity index (χ0v) is 13.3. The zero-order valence-electron chi connectivity index (χ0n) is 13.3. The van der Waals surface area contributed by atoms with Gasteiger partial charge < -0.3 is 9.47 Å². The highest BCUT2D eigenvalue weighted by molar-refractivity contribution is 5.88. The van der Waals surface area contributed by atoms with Crippen LogP contribution in [0.5, 0.6) is 5.75 Å². The summed E-state index contributed by atoms with van der Waals surface area (Å²) in [7, 11) is 1.34. The van der Waals surface area contributed by atoms with Gasteiger partial charge in [0.05, 0.1) is 7.11 Å². The van der Waals surface area contributed by atoms with Crippen LogP contribution in [0.15, 0.2) is 72.9 Å². The summed E-state index contributed by atoms with van der Waals surface area (Å²) in [5.41, 5.74) is 3.30. The van der Waals surface area contributed by atoms with Gasteiger partial charge in [0.2, 0.25) is 0 Å². The number of hydrogen-bond acceptors (Lipinski definition) is 4. The minimum Gasteiger partial charge on any atom is -0.489 e. The summed E-state index contributed by atoms with van der Waals surface area (Å²) < 4.78 is 10.5. The van der Waals surface area contributed by atoms with Crippen LogP contribution in [0.2, 0.25) is 0 Å². The summed E-state index contributed by atoms with van der Waals surface area (Å²) in [5, 5.41) is 0. The second-order valence-electron chi connectivity index (χ2n) is 5.22. The van der Waals surface area contributed by atoms with Crippen molar-refractivity contribution >= 4 is 5.97 Å². The van der Waals surface area contributed by atoms with E-state index >= 15 is 0 Å². The third-order valence-corrected chi connectivity index (χ3v) is 3.59. The van der Waals surface area contributed by atoms with Crippen LogP contribution in [0.1, 0.15) is 16.1 Å². The van der Waals surface area contributed by atoms with Gasteiger partial charge in [-0.05, 0) is 41.0 Å². The van der Waals surface area contributed by atoms with Crippen LogP contribution in [0.25, 0.3) is 11.1 Å². The molecule has 0 saturated heterocycles. The first kappa shape index (κ1) is 15.7. The van der Waals surface area contributed by atoms with Crippen molar-refractivity contribution in [2.45, 2.75) is 6.61 Å². The molecule has 0 spiro atoms. The van der Waals surface area contributed by atoms with Crippen LogP contribution in [-0.4, -0.2) is 18.1 Å². The molecule has 0 aliphatic carbocycles. The van der Waals surface area contributed by atoms with E-state index in [0.29, 0.717) is 12.3 Å². The average molecular weight is 319 g/mol. The number of rotatable bonds is 5. The van der Waals surface area contributed by atoms with Gasteiger partial charge in [-0.2, -0.15) is 0 Å². The molecule has 2 aromatic carbocycles.